The maximum atomic E-state index is 11.5. The lowest BCUT2D eigenvalue weighted by Crippen LogP contribution is -2.30. The summed E-state index contributed by atoms with van der Waals surface area (Å²) in [6, 6.07) is 7.06. The van der Waals surface area contributed by atoms with Crippen LogP contribution in [0.25, 0.3) is 11.0 Å². The third kappa shape index (κ3) is 2.71. The number of furan rings is 1. The molecule has 3 aromatic rings. The standard InChI is InChI=1S/C13H13N5O2S/c14-7-1-2-9-10(5-7)17-13(16-9)21-6-11-8(3-4-20-11)12(19)18-15/h1-5H,6,14-15H2,(H,16,17)(H,18,19). The minimum atomic E-state index is -0.378. The number of amides is 1. The van der Waals surface area contributed by atoms with Crippen LogP contribution in [0.1, 0.15) is 16.1 Å². The van der Waals surface area contributed by atoms with Gasteiger partial charge in [0, 0.05) is 5.69 Å². The number of thioether (sulfide) groups is 1. The van der Waals surface area contributed by atoms with Gasteiger partial charge in [-0.25, -0.2) is 10.8 Å². The van der Waals surface area contributed by atoms with E-state index in [1.807, 2.05) is 12.1 Å². The monoisotopic (exact) mass is 303 g/mol. The van der Waals surface area contributed by atoms with Crippen LogP contribution in [0.3, 0.4) is 0 Å². The minimum Gasteiger partial charge on any atom is -0.468 e. The van der Waals surface area contributed by atoms with Crippen LogP contribution >= 0.6 is 11.8 Å². The molecule has 0 atom stereocenters. The van der Waals surface area contributed by atoms with Gasteiger partial charge in [-0.05, 0) is 24.3 Å². The molecule has 7 nitrogen and oxygen atoms in total. The van der Waals surface area contributed by atoms with Gasteiger partial charge in [-0.15, -0.1) is 0 Å². The highest BCUT2D eigenvalue weighted by atomic mass is 32.2. The van der Waals surface area contributed by atoms with Gasteiger partial charge in [-0.2, -0.15) is 0 Å². The molecule has 0 aliphatic heterocycles. The quantitative estimate of drug-likeness (QED) is 0.191. The number of carbonyl (C=O) groups excluding carboxylic acids is 1. The SMILES string of the molecule is NNC(=O)c1ccoc1CSc1nc2ccc(N)cc2[nH]1. The summed E-state index contributed by atoms with van der Waals surface area (Å²) in [6.07, 6.45) is 1.46. The minimum absolute atomic E-state index is 0.378. The van der Waals surface area contributed by atoms with Gasteiger partial charge in [0.1, 0.15) is 5.76 Å². The Labute approximate surface area is 124 Å². The van der Waals surface area contributed by atoms with E-state index in [4.69, 9.17) is 16.0 Å². The molecule has 0 unspecified atom stereocenters. The summed E-state index contributed by atoms with van der Waals surface area (Å²) >= 11 is 1.43. The summed E-state index contributed by atoms with van der Waals surface area (Å²) in [6.45, 7) is 0. The first-order valence-electron chi connectivity index (χ1n) is 6.12. The number of nitrogens with two attached hydrogens (primary N) is 2. The Morgan fingerprint density at radius 3 is 3.10 bits per heavy atom. The molecule has 0 fully saturated rings. The fourth-order valence-electron chi connectivity index (χ4n) is 1.94. The number of hydrogen-bond acceptors (Lipinski definition) is 6. The Kier molecular flexibility index (Phi) is 3.55. The Bertz CT molecular complexity index is 795. The van der Waals surface area contributed by atoms with E-state index >= 15 is 0 Å². The first-order valence-corrected chi connectivity index (χ1v) is 7.11. The largest absolute Gasteiger partial charge is 0.468 e. The van der Waals surface area contributed by atoms with Crippen molar-refractivity contribution in [2.75, 3.05) is 5.73 Å². The number of nitrogens with one attached hydrogen (secondary N) is 2. The van der Waals surface area contributed by atoms with Crippen LogP contribution in [0.2, 0.25) is 0 Å². The molecule has 2 aromatic heterocycles. The Morgan fingerprint density at radius 2 is 2.29 bits per heavy atom. The van der Waals surface area contributed by atoms with Gasteiger partial charge in [-0.1, -0.05) is 11.8 Å². The van der Waals surface area contributed by atoms with Crippen LogP contribution < -0.4 is 17.0 Å². The Hall–Kier alpha value is -2.45. The van der Waals surface area contributed by atoms with Gasteiger partial charge in [-0.3, -0.25) is 10.2 Å². The zero-order valence-corrected chi connectivity index (χ0v) is 11.7. The van der Waals surface area contributed by atoms with Gasteiger partial charge in [0.25, 0.3) is 5.91 Å². The molecular weight excluding hydrogens is 290 g/mol. The number of aromatic nitrogens is 2. The van der Waals surface area contributed by atoms with Crippen LogP contribution in [0.5, 0.6) is 0 Å². The van der Waals surface area contributed by atoms with E-state index in [9.17, 15) is 4.79 Å². The Morgan fingerprint density at radius 1 is 1.43 bits per heavy atom. The second-order valence-electron chi connectivity index (χ2n) is 4.34. The van der Waals surface area contributed by atoms with Crippen molar-refractivity contribution in [2.45, 2.75) is 10.9 Å². The molecule has 0 aliphatic carbocycles. The predicted molar refractivity (Wildman–Crippen MR) is 80.4 cm³/mol. The average Bonchev–Trinajstić information content (AvgIpc) is 3.09. The van der Waals surface area contributed by atoms with Gasteiger partial charge in [0.15, 0.2) is 5.16 Å². The number of benzene rings is 1. The predicted octanol–water partition coefficient (Wildman–Crippen LogP) is 1.63. The number of hydrazine groups is 1. The summed E-state index contributed by atoms with van der Waals surface area (Å²) in [5.41, 5.74) is 10.6. The fraction of sp³-hybridized carbons (Fsp3) is 0.0769. The number of anilines is 1. The van der Waals surface area contributed by atoms with Crippen molar-refractivity contribution in [3.05, 3.63) is 41.9 Å². The third-order valence-electron chi connectivity index (χ3n) is 2.95. The van der Waals surface area contributed by atoms with Crippen molar-refractivity contribution >= 4 is 34.4 Å². The lowest BCUT2D eigenvalue weighted by atomic mass is 10.2. The van der Waals surface area contributed by atoms with E-state index in [0.29, 0.717) is 22.8 Å². The van der Waals surface area contributed by atoms with E-state index in [2.05, 4.69) is 15.4 Å². The van der Waals surface area contributed by atoms with Gasteiger partial charge < -0.3 is 15.1 Å². The zero-order chi connectivity index (χ0) is 14.8. The van der Waals surface area contributed by atoms with Crippen LogP contribution in [0.15, 0.2) is 40.1 Å². The van der Waals surface area contributed by atoms with Gasteiger partial charge in [0.2, 0.25) is 0 Å². The smallest absolute Gasteiger partial charge is 0.268 e. The Balaban J connectivity index is 1.77. The van der Waals surface area contributed by atoms with E-state index in [1.165, 1.54) is 18.0 Å². The summed E-state index contributed by atoms with van der Waals surface area (Å²) in [7, 11) is 0. The summed E-state index contributed by atoms with van der Waals surface area (Å²) < 4.78 is 5.30. The number of carbonyl (C=O) groups is 1. The number of rotatable bonds is 4. The number of fused-ring (bicyclic) bond motifs is 1. The normalized spacial score (nSPS) is 10.9. The second kappa shape index (κ2) is 5.51. The highest BCUT2D eigenvalue weighted by molar-refractivity contribution is 7.98. The molecule has 21 heavy (non-hydrogen) atoms. The molecule has 0 spiro atoms. The van der Waals surface area contributed by atoms with Crippen molar-refractivity contribution < 1.29 is 9.21 Å². The summed E-state index contributed by atoms with van der Waals surface area (Å²) in [5, 5.41) is 0.728. The molecule has 0 saturated heterocycles. The van der Waals surface area contributed by atoms with Crippen LogP contribution in [0.4, 0.5) is 5.69 Å². The van der Waals surface area contributed by atoms with Crippen molar-refractivity contribution in [1.82, 2.24) is 15.4 Å². The maximum Gasteiger partial charge on any atom is 0.268 e. The highest BCUT2D eigenvalue weighted by Gasteiger charge is 2.14. The molecule has 0 aliphatic rings. The molecule has 1 amide bonds. The maximum absolute atomic E-state index is 11.5. The molecular formula is C13H13N5O2S. The number of nitrogen functional groups attached to an aromatic ring is 2. The second-order valence-corrected chi connectivity index (χ2v) is 5.30. The van der Waals surface area contributed by atoms with Crippen molar-refractivity contribution in [3.8, 4) is 0 Å². The van der Waals surface area contributed by atoms with E-state index in [1.54, 1.807) is 12.1 Å². The van der Waals surface area contributed by atoms with Crippen LogP contribution in [-0.4, -0.2) is 15.9 Å². The molecule has 2 heterocycles. The van der Waals surface area contributed by atoms with Gasteiger partial charge >= 0.3 is 0 Å². The number of H-pyrrole nitrogens is 1. The van der Waals surface area contributed by atoms with E-state index in [-0.39, 0.29) is 5.91 Å². The topological polar surface area (TPSA) is 123 Å². The van der Waals surface area contributed by atoms with Crippen LogP contribution in [-0.2, 0) is 5.75 Å². The summed E-state index contributed by atoms with van der Waals surface area (Å²) in [4.78, 5) is 19.1. The molecule has 0 saturated carbocycles. The molecule has 108 valence electrons. The molecule has 1 aromatic carbocycles. The number of imidazole rings is 1. The van der Waals surface area contributed by atoms with E-state index < -0.39 is 0 Å². The number of hydrogen-bond donors (Lipinski definition) is 4. The van der Waals surface area contributed by atoms with E-state index in [0.717, 1.165) is 16.2 Å². The highest BCUT2D eigenvalue weighted by Crippen LogP contribution is 2.25. The number of aromatic amines is 1. The van der Waals surface area contributed by atoms with Crippen molar-refractivity contribution in [1.29, 1.82) is 0 Å². The lowest BCUT2D eigenvalue weighted by Gasteiger charge is -1.99. The zero-order valence-electron chi connectivity index (χ0n) is 10.9. The molecule has 0 bridgehead atoms. The molecule has 8 heteroatoms. The first-order chi connectivity index (χ1) is 10.2. The number of nitrogens with zero attached hydrogens (tertiary/aromatic N) is 1. The van der Waals surface area contributed by atoms with Gasteiger partial charge in [0.05, 0.1) is 28.6 Å². The fourth-order valence-corrected chi connectivity index (χ4v) is 2.77. The molecule has 3 rings (SSSR count). The average molecular weight is 303 g/mol. The van der Waals surface area contributed by atoms with Crippen LogP contribution in [0, 0.1) is 0 Å². The summed E-state index contributed by atoms with van der Waals surface area (Å²) in [5.74, 6) is 5.76. The first kappa shape index (κ1) is 13.5. The van der Waals surface area contributed by atoms with Crippen molar-refractivity contribution in [2.24, 2.45) is 5.84 Å². The molecule has 6 N–H and O–H groups in total. The lowest BCUT2D eigenvalue weighted by molar-refractivity contribution is 0.0952. The third-order valence-corrected chi connectivity index (χ3v) is 3.82. The molecule has 0 radical (unpaired) electrons. The van der Waals surface area contributed by atoms with Crippen molar-refractivity contribution in [3.63, 3.8) is 0 Å².